The van der Waals surface area contributed by atoms with Crippen LogP contribution in [-0.2, 0) is 0 Å². The average molecular weight is 155 g/mol. The van der Waals surface area contributed by atoms with E-state index < -0.39 is 6.23 Å². The Kier molecular flexibility index (Phi) is 1.91. The average Bonchev–Trinajstić information content (AvgIpc) is 1.97. The summed E-state index contributed by atoms with van der Waals surface area (Å²) in [5, 5.41) is 18.7. The SMILES string of the molecule is CC1=C(C)C(O)N(C)C(O)=C1. The Balaban J connectivity index is 3.01. The number of nitrogens with zero attached hydrogens (tertiary/aromatic N) is 1. The standard InChI is InChI=1S/C8H13NO2/c1-5-4-7(10)9(3)8(11)6(5)2/h4,8,10-11H,1-3H3. The largest absolute Gasteiger partial charge is 0.495 e. The molecule has 1 rings (SSSR count). The lowest BCUT2D eigenvalue weighted by Crippen LogP contribution is -2.34. The Labute approximate surface area is 66.3 Å². The fourth-order valence-corrected chi connectivity index (χ4v) is 1.03. The third-order valence-corrected chi connectivity index (χ3v) is 2.08. The van der Waals surface area contributed by atoms with E-state index in [1.54, 1.807) is 13.1 Å². The van der Waals surface area contributed by atoms with Crippen molar-refractivity contribution in [3.05, 3.63) is 23.1 Å². The summed E-state index contributed by atoms with van der Waals surface area (Å²) in [6.07, 6.45) is 0.960. The highest BCUT2D eigenvalue weighted by Gasteiger charge is 2.20. The highest BCUT2D eigenvalue weighted by atomic mass is 16.3. The molecule has 1 atom stereocenters. The van der Waals surface area contributed by atoms with Gasteiger partial charge in [-0.15, -0.1) is 0 Å². The van der Waals surface area contributed by atoms with Gasteiger partial charge in [0.25, 0.3) is 0 Å². The molecule has 0 aromatic rings. The summed E-state index contributed by atoms with van der Waals surface area (Å²) in [5.74, 6) is 0.112. The molecule has 0 spiro atoms. The first-order valence-corrected chi connectivity index (χ1v) is 3.53. The molecule has 11 heavy (non-hydrogen) atoms. The van der Waals surface area contributed by atoms with Crippen molar-refractivity contribution in [1.82, 2.24) is 4.90 Å². The van der Waals surface area contributed by atoms with E-state index in [4.69, 9.17) is 0 Å². The molecule has 0 aromatic heterocycles. The van der Waals surface area contributed by atoms with Crippen molar-refractivity contribution in [2.45, 2.75) is 20.1 Å². The van der Waals surface area contributed by atoms with Gasteiger partial charge in [0, 0.05) is 13.1 Å². The van der Waals surface area contributed by atoms with Gasteiger partial charge in [-0.25, -0.2) is 0 Å². The molecule has 0 amide bonds. The second kappa shape index (κ2) is 2.58. The van der Waals surface area contributed by atoms with E-state index in [1.165, 1.54) is 4.90 Å². The summed E-state index contributed by atoms with van der Waals surface area (Å²) in [4.78, 5) is 1.42. The van der Waals surface area contributed by atoms with Gasteiger partial charge in [-0.1, -0.05) is 0 Å². The van der Waals surface area contributed by atoms with E-state index in [2.05, 4.69) is 0 Å². The van der Waals surface area contributed by atoms with Crippen LogP contribution < -0.4 is 0 Å². The molecule has 1 aliphatic rings. The third kappa shape index (κ3) is 1.24. The van der Waals surface area contributed by atoms with Crippen LogP contribution >= 0.6 is 0 Å². The van der Waals surface area contributed by atoms with Crippen LogP contribution in [0.25, 0.3) is 0 Å². The molecule has 0 bridgehead atoms. The number of likely N-dealkylation sites (N-methyl/N-ethyl adjacent to an activating group) is 1. The minimum atomic E-state index is -0.681. The van der Waals surface area contributed by atoms with Crippen LogP contribution in [0.2, 0.25) is 0 Å². The second-order valence-electron chi connectivity index (χ2n) is 2.85. The van der Waals surface area contributed by atoms with Crippen LogP contribution in [0, 0.1) is 0 Å². The molecule has 0 radical (unpaired) electrons. The van der Waals surface area contributed by atoms with Crippen LogP contribution in [0.4, 0.5) is 0 Å². The van der Waals surface area contributed by atoms with Gasteiger partial charge in [-0.2, -0.15) is 0 Å². The topological polar surface area (TPSA) is 43.7 Å². The van der Waals surface area contributed by atoms with Crippen LogP contribution in [-0.4, -0.2) is 28.4 Å². The number of hydrogen-bond acceptors (Lipinski definition) is 3. The molecule has 2 N–H and O–H groups in total. The number of rotatable bonds is 0. The van der Waals surface area contributed by atoms with Gasteiger partial charge in [0.05, 0.1) is 0 Å². The quantitative estimate of drug-likeness (QED) is 0.548. The highest BCUT2D eigenvalue weighted by Crippen LogP contribution is 2.21. The van der Waals surface area contributed by atoms with E-state index in [0.717, 1.165) is 11.1 Å². The molecule has 0 fully saturated rings. The maximum absolute atomic E-state index is 9.45. The number of allylic oxidation sites excluding steroid dienone is 2. The minimum absolute atomic E-state index is 0.112. The van der Waals surface area contributed by atoms with Gasteiger partial charge in [0.15, 0.2) is 12.1 Å². The summed E-state index contributed by atoms with van der Waals surface area (Å²) < 4.78 is 0. The lowest BCUT2D eigenvalue weighted by Gasteiger charge is -2.29. The van der Waals surface area contributed by atoms with Crippen molar-refractivity contribution in [1.29, 1.82) is 0 Å². The highest BCUT2D eigenvalue weighted by molar-refractivity contribution is 5.30. The van der Waals surface area contributed by atoms with Crippen molar-refractivity contribution in [2.24, 2.45) is 0 Å². The minimum Gasteiger partial charge on any atom is -0.495 e. The molecule has 1 heterocycles. The third-order valence-electron chi connectivity index (χ3n) is 2.08. The summed E-state index contributed by atoms with van der Waals surface area (Å²) in [5.41, 5.74) is 1.80. The molecule has 0 saturated carbocycles. The maximum Gasteiger partial charge on any atom is 0.189 e. The van der Waals surface area contributed by atoms with E-state index in [9.17, 15) is 10.2 Å². The van der Waals surface area contributed by atoms with Crippen molar-refractivity contribution in [3.63, 3.8) is 0 Å². The van der Waals surface area contributed by atoms with Crippen LogP contribution in [0.1, 0.15) is 13.8 Å². The van der Waals surface area contributed by atoms with Crippen molar-refractivity contribution >= 4 is 0 Å². The maximum atomic E-state index is 9.45. The number of aliphatic hydroxyl groups is 2. The Bertz CT molecular complexity index is 230. The molecule has 62 valence electrons. The normalized spacial score (nSPS) is 25.6. The smallest absolute Gasteiger partial charge is 0.189 e. The summed E-state index contributed by atoms with van der Waals surface area (Å²) >= 11 is 0. The number of hydrogen-bond donors (Lipinski definition) is 2. The lowest BCUT2D eigenvalue weighted by molar-refractivity contribution is 0.0382. The van der Waals surface area contributed by atoms with Crippen LogP contribution in [0.15, 0.2) is 23.1 Å². The van der Waals surface area contributed by atoms with Gasteiger partial charge in [0.1, 0.15) is 0 Å². The van der Waals surface area contributed by atoms with Crippen molar-refractivity contribution in [2.75, 3.05) is 7.05 Å². The zero-order valence-electron chi connectivity index (χ0n) is 7.00. The lowest BCUT2D eigenvalue weighted by atomic mass is 10.1. The fraction of sp³-hybridized carbons (Fsp3) is 0.500. The Hall–Kier alpha value is -0.960. The molecule has 0 aromatic carbocycles. The molecule has 3 nitrogen and oxygen atoms in total. The zero-order chi connectivity index (χ0) is 8.59. The van der Waals surface area contributed by atoms with E-state index >= 15 is 0 Å². The van der Waals surface area contributed by atoms with Gasteiger partial charge in [0.2, 0.25) is 0 Å². The monoisotopic (exact) mass is 155 g/mol. The molecule has 1 aliphatic heterocycles. The molecule has 0 aliphatic carbocycles. The Morgan fingerprint density at radius 2 is 2.00 bits per heavy atom. The van der Waals surface area contributed by atoms with Gasteiger partial charge < -0.3 is 15.1 Å². The molecular weight excluding hydrogens is 142 g/mol. The van der Waals surface area contributed by atoms with Gasteiger partial charge in [-0.05, 0) is 25.0 Å². The summed E-state index contributed by atoms with van der Waals surface area (Å²) in [7, 11) is 1.65. The molecule has 3 heteroatoms. The van der Waals surface area contributed by atoms with Gasteiger partial charge in [-0.3, -0.25) is 0 Å². The molecule has 1 unspecified atom stereocenters. The first kappa shape index (κ1) is 8.14. The Morgan fingerprint density at radius 3 is 2.55 bits per heavy atom. The first-order chi connectivity index (χ1) is 5.04. The zero-order valence-corrected chi connectivity index (χ0v) is 7.00. The molecular formula is C8H13NO2. The van der Waals surface area contributed by atoms with Crippen LogP contribution in [0.5, 0.6) is 0 Å². The van der Waals surface area contributed by atoms with Crippen molar-refractivity contribution in [3.8, 4) is 0 Å². The van der Waals surface area contributed by atoms with Gasteiger partial charge >= 0.3 is 0 Å². The van der Waals surface area contributed by atoms with E-state index in [-0.39, 0.29) is 5.88 Å². The van der Waals surface area contributed by atoms with Crippen LogP contribution in [0.3, 0.4) is 0 Å². The summed E-state index contributed by atoms with van der Waals surface area (Å²) in [6.45, 7) is 3.71. The molecule has 0 saturated heterocycles. The Morgan fingerprint density at radius 1 is 1.45 bits per heavy atom. The number of aliphatic hydroxyl groups excluding tert-OH is 2. The van der Waals surface area contributed by atoms with Crippen molar-refractivity contribution < 1.29 is 10.2 Å². The second-order valence-corrected chi connectivity index (χ2v) is 2.85. The summed E-state index contributed by atoms with van der Waals surface area (Å²) in [6, 6.07) is 0. The van der Waals surface area contributed by atoms with E-state index in [1.807, 2.05) is 13.8 Å². The predicted octanol–water partition coefficient (Wildman–Crippen LogP) is 0.986. The first-order valence-electron chi connectivity index (χ1n) is 3.53. The fourth-order valence-electron chi connectivity index (χ4n) is 1.03. The van der Waals surface area contributed by atoms with E-state index in [0.29, 0.717) is 0 Å². The predicted molar refractivity (Wildman–Crippen MR) is 42.9 cm³/mol.